The van der Waals surface area contributed by atoms with E-state index < -0.39 is 0 Å². The summed E-state index contributed by atoms with van der Waals surface area (Å²) >= 11 is 0. The minimum Gasteiger partial charge on any atom is -0.384 e. The van der Waals surface area contributed by atoms with E-state index in [0.29, 0.717) is 0 Å². The number of aryl methyl sites for hydroxylation is 1. The van der Waals surface area contributed by atoms with Gasteiger partial charge in [-0.3, -0.25) is 9.89 Å². The Bertz CT molecular complexity index is 477. The Morgan fingerprint density at radius 1 is 1.31 bits per heavy atom. The molecular weight excluding hydrogens is 208 g/mol. The van der Waals surface area contributed by atoms with Crippen molar-refractivity contribution in [1.29, 1.82) is 0 Å². The maximum absolute atomic E-state index is 10.9. The van der Waals surface area contributed by atoms with Gasteiger partial charge in [0, 0.05) is 19.0 Å². The number of H-pyrrole nitrogens is 2. The van der Waals surface area contributed by atoms with E-state index in [4.69, 9.17) is 0 Å². The summed E-state index contributed by atoms with van der Waals surface area (Å²) in [6.45, 7) is 0.756. The Morgan fingerprint density at radius 3 is 3.00 bits per heavy atom. The summed E-state index contributed by atoms with van der Waals surface area (Å²) in [4.78, 5) is 14.9. The van der Waals surface area contributed by atoms with Crippen LogP contribution in [0.2, 0.25) is 0 Å². The minimum atomic E-state index is -0.208. The van der Waals surface area contributed by atoms with E-state index in [1.807, 2.05) is 0 Å². The zero-order valence-electron chi connectivity index (χ0n) is 8.60. The topological polar surface area (TPSA) is 99.3 Å². The van der Waals surface area contributed by atoms with Crippen LogP contribution in [0.3, 0.4) is 0 Å². The van der Waals surface area contributed by atoms with Crippen molar-refractivity contribution in [3.63, 3.8) is 0 Å². The standard InChI is InChI=1S/C9H12N6O/c16-9-4-7(5-12-15-9)10-3-1-2-8-11-6-13-14-8/h4-6H,1-3H2,(H2,10,15,16)(H,11,13,14). The highest BCUT2D eigenvalue weighted by Crippen LogP contribution is 1.99. The fourth-order valence-corrected chi connectivity index (χ4v) is 1.31. The molecule has 0 unspecified atom stereocenters. The van der Waals surface area contributed by atoms with Crippen molar-refractivity contribution in [3.05, 3.63) is 34.8 Å². The number of nitrogens with one attached hydrogen (secondary N) is 3. The second-order valence-electron chi connectivity index (χ2n) is 3.30. The molecule has 0 aromatic carbocycles. The lowest BCUT2D eigenvalue weighted by molar-refractivity contribution is 0.804. The van der Waals surface area contributed by atoms with Gasteiger partial charge in [-0.2, -0.15) is 10.2 Å². The van der Waals surface area contributed by atoms with Crippen LogP contribution in [0.15, 0.2) is 23.4 Å². The molecular formula is C9H12N6O. The molecule has 0 saturated carbocycles. The van der Waals surface area contributed by atoms with Crippen LogP contribution in [0.1, 0.15) is 12.2 Å². The molecule has 0 saturated heterocycles. The van der Waals surface area contributed by atoms with Gasteiger partial charge in [0.2, 0.25) is 0 Å². The molecule has 0 radical (unpaired) electrons. The summed E-state index contributed by atoms with van der Waals surface area (Å²) in [7, 11) is 0. The van der Waals surface area contributed by atoms with Crippen molar-refractivity contribution in [3.8, 4) is 0 Å². The molecule has 0 amide bonds. The molecule has 0 aliphatic heterocycles. The Hall–Kier alpha value is -2.18. The van der Waals surface area contributed by atoms with E-state index in [9.17, 15) is 4.79 Å². The average molecular weight is 220 g/mol. The van der Waals surface area contributed by atoms with Gasteiger partial charge in [0.15, 0.2) is 0 Å². The number of nitrogens with zero attached hydrogens (tertiary/aromatic N) is 3. The summed E-state index contributed by atoms with van der Waals surface area (Å²) < 4.78 is 0. The Balaban J connectivity index is 1.74. The Morgan fingerprint density at radius 2 is 2.25 bits per heavy atom. The third-order valence-corrected chi connectivity index (χ3v) is 2.05. The van der Waals surface area contributed by atoms with Crippen molar-refractivity contribution < 1.29 is 0 Å². The van der Waals surface area contributed by atoms with Gasteiger partial charge in [-0.15, -0.1) is 0 Å². The second-order valence-corrected chi connectivity index (χ2v) is 3.30. The number of anilines is 1. The van der Waals surface area contributed by atoms with Crippen LogP contribution in [0.4, 0.5) is 5.69 Å². The molecule has 3 N–H and O–H groups in total. The normalized spacial score (nSPS) is 10.2. The lowest BCUT2D eigenvalue weighted by Crippen LogP contribution is -2.10. The van der Waals surface area contributed by atoms with Crippen LogP contribution < -0.4 is 10.9 Å². The number of aromatic nitrogens is 5. The van der Waals surface area contributed by atoms with Gasteiger partial charge < -0.3 is 5.32 Å². The molecule has 2 heterocycles. The maximum Gasteiger partial charge on any atom is 0.266 e. The van der Waals surface area contributed by atoms with Crippen LogP contribution in [-0.2, 0) is 6.42 Å². The van der Waals surface area contributed by atoms with Crippen LogP contribution >= 0.6 is 0 Å². The smallest absolute Gasteiger partial charge is 0.266 e. The molecule has 84 valence electrons. The molecule has 0 bridgehead atoms. The third-order valence-electron chi connectivity index (χ3n) is 2.05. The lowest BCUT2D eigenvalue weighted by atomic mass is 10.3. The molecule has 0 spiro atoms. The first kappa shape index (κ1) is 10.3. The summed E-state index contributed by atoms with van der Waals surface area (Å²) in [6.07, 6.45) is 4.80. The van der Waals surface area contributed by atoms with E-state index in [-0.39, 0.29) is 5.56 Å². The zero-order valence-corrected chi connectivity index (χ0v) is 8.60. The average Bonchev–Trinajstić information content (AvgIpc) is 2.77. The second kappa shape index (κ2) is 5.06. The minimum absolute atomic E-state index is 0.208. The van der Waals surface area contributed by atoms with Crippen LogP contribution in [0, 0.1) is 0 Å². The molecule has 2 aromatic rings. The van der Waals surface area contributed by atoms with Crippen molar-refractivity contribution in [2.45, 2.75) is 12.8 Å². The predicted molar refractivity (Wildman–Crippen MR) is 58.1 cm³/mol. The number of hydrogen-bond donors (Lipinski definition) is 3. The molecule has 0 aliphatic rings. The van der Waals surface area contributed by atoms with E-state index in [0.717, 1.165) is 30.9 Å². The van der Waals surface area contributed by atoms with Gasteiger partial charge in [0.25, 0.3) is 5.56 Å². The van der Waals surface area contributed by atoms with E-state index in [1.54, 1.807) is 6.20 Å². The Labute approximate surface area is 91.3 Å². The number of rotatable bonds is 5. The third kappa shape index (κ3) is 2.91. The summed E-state index contributed by atoms with van der Waals surface area (Å²) in [5.41, 5.74) is 0.515. The fraction of sp³-hybridized carbons (Fsp3) is 0.333. The SMILES string of the molecule is O=c1cc(NCCCc2ncn[nH]2)cn[nH]1. The largest absolute Gasteiger partial charge is 0.384 e. The van der Waals surface area contributed by atoms with E-state index in [2.05, 4.69) is 30.7 Å². The molecule has 2 aromatic heterocycles. The van der Waals surface area contributed by atoms with Crippen LogP contribution in [-0.4, -0.2) is 31.9 Å². The first-order chi connectivity index (χ1) is 7.84. The van der Waals surface area contributed by atoms with Crippen molar-refractivity contribution in [2.24, 2.45) is 0 Å². The molecule has 2 rings (SSSR count). The summed E-state index contributed by atoms with van der Waals surface area (Å²) in [5, 5.41) is 15.7. The molecule has 0 atom stereocenters. The summed E-state index contributed by atoms with van der Waals surface area (Å²) in [5.74, 6) is 0.867. The first-order valence-corrected chi connectivity index (χ1v) is 4.97. The van der Waals surface area contributed by atoms with Crippen molar-refractivity contribution >= 4 is 5.69 Å². The van der Waals surface area contributed by atoms with Crippen molar-refractivity contribution in [2.75, 3.05) is 11.9 Å². The van der Waals surface area contributed by atoms with Gasteiger partial charge >= 0.3 is 0 Å². The van der Waals surface area contributed by atoms with E-state index in [1.165, 1.54) is 12.4 Å². The monoisotopic (exact) mass is 220 g/mol. The van der Waals surface area contributed by atoms with Gasteiger partial charge in [-0.05, 0) is 6.42 Å². The van der Waals surface area contributed by atoms with Crippen molar-refractivity contribution in [1.82, 2.24) is 25.4 Å². The molecule has 7 heteroatoms. The molecule has 16 heavy (non-hydrogen) atoms. The first-order valence-electron chi connectivity index (χ1n) is 4.97. The maximum atomic E-state index is 10.9. The Kier molecular flexibility index (Phi) is 3.27. The molecule has 0 fully saturated rings. The van der Waals surface area contributed by atoms with Gasteiger partial charge in [0.05, 0.1) is 11.9 Å². The number of aromatic amines is 2. The fourth-order valence-electron chi connectivity index (χ4n) is 1.31. The van der Waals surface area contributed by atoms with Gasteiger partial charge in [-0.25, -0.2) is 10.1 Å². The van der Waals surface area contributed by atoms with Crippen LogP contribution in [0.5, 0.6) is 0 Å². The highest BCUT2D eigenvalue weighted by molar-refractivity contribution is 5.38. The summed E-state index contributed by atoms with van der Waals surface area (Å²) in [6, 6.07) is 1.47. The zero-order chi connectivity index (χ0) is 11.2. The quantitative estimate of drug-likeness (QED) is 0.613. The predicted octanol–water partition coefficient (Wildman–Crippen LogP) is -0.0673. The van der Waals surface area contributed by atoms with Crippen LogP contribution in [0.25, 0.3) is 0 Å². The van der Waals surface area contributed by atoms with Gasteiger partial charge in [0.1, 0.15) is 12.2 Å². The molecule has 0 aliphatic carbocycles. The highest BCUT2D eigenvalue weighted by atomic mass is 16.1. The van der Waals surface area contributed by atoms with Gasteiger partial charge in [-0.1, -0.05) is 0 Å². The van der Waals surface area contributed by atoms with E-state index >= 15 is 0 Å². The molecule has 7 nitrogen and oxygen atoms in total. The highest BCUT2D eigenvalue weighted by Gasteiger charge is 1.96. The number of hydrogen-bond acceptors (Lipinski definition) is 5. The lowest BCUT2D eigenvalue weighted by Gasteiger charge is -2.03.